The maximum absolute atomic E-state index is 10.9. The second-order valence-corrected chi connectivity index (χ2v) is 2.76. The number of rotatable bonds is 2. The number of benzene rings is 1. The van der Waals surface area contributed by atoms with Crippen molar-refractivity contribution in [1.82, 2.24) is 10.4 Å². The lowest BCUT2D eigenvalue weighted by molar-refractivity contribution is 0.134. The molecule has 0 aliphatic heterocycles. The van der Waals surface area contributed by atoms with E-state index in [0.29, 0.717) is 6.54 Å². The maximum atomic E-state index is 10.9. The largest absolute Gasteiger partial charge is 0.341 e. The van der Waals surface area contributed by atoms with Gasteiger partial charge in [-0.05, 0) is 5.56 Å². The van der Waals surface area contributed by atoms with Gasteiger partial charge in [0.15, 0.2) is 0 Å². The van der Waals surface area contributed by atoms with Gasteiger partial charge in [-0.15, -0.1) is 0 Å². The van der Waals surface area contributed by atoms with Crippen molar-refractivity contribution in [3.63, 3.8) is 0 Å². The standard InChI is InChI=1S/C9H12N2O2/c1-11(9(12)10-13)7-8-5-3-2-4-6-8/h2-6,13H,7H2,1H3,(H,10,12). The molecule has 0 saturated heterocycles. The Balaban J connectivity index is 2.55. The lowest BCUT2D eigenvalue weighted by Crippen LogP contribution is -2.34. The average Bonchev–Trinajstić information content (AvgIpc) is 2.18. The Bertz CT molecular complexity index is 274. The van der Waals surface area contributed by atoms with E-state index in [1.807, 2.05) is 30.3 Å². The van der Waals surface area contributed by atoms with Crippen LogP contribution >= 0.6 is 0 Å². The molecule has 2 N–H and O–H groups in total. The number of hydrogen-bond donors (Lipinski definition) is 2. The van der Waals surface area contributed by atoms with Gasteiger partial charge >= 0.3 is 6.03 Å². The molecule has 0 bridgehead atoms. The van der Waals surface area contributed by atoms with Crippen molar-refractivity contribution in [2.24, 2.45) is 0 Å². The Morgan fingerprint density at radius 1 is 1.46 bits per heavy atom. The molecule has 0 spiro atoms. The molecule has 0 radical (unpaired) electrons. The highest BCUT2D eigenvalue weighted by Gasteiger charge is 2.05. The number of carbonyl (C=O) groups excluding carboxylic acids is 1. The first-order valence-electron chi connectivity index (χ1n) is 3.93. The van der Waals surface area contributed by atoms with Crippen molar-refractivity contribution in [1.29, 1.82) is 0 Å². The van der Waals surface area contributed by atoms with E-state index in [1.54, 1.807) is 12.5 Å². The molecule has 0 saturated carbocycles. The molecule has 0 heterocycles. The Kier molecular flexibility index (Phi) is 3.28. The Morgan fingerprint density at radius 2 is 2.08 bits per heavy atom. The van der Waals surface area contributed by atoms with Crippen LogP contribution < -0.4 is 5.48 Å². The van der Waals surface area contributed by atoms with E-state index >= 15 is 0 Å². The summed E-state index contributed by atoms with van der Waals surface area (Å²) in [5, 5.41) is 8.34. The summed E-state index contributed by atoms with van der Waals surface area (Å²) in [6.45, 7) is 0.479. The van der Waals surface area contributed by atoms with Gasteiger partial charge in [0.2, 0.25) is 0 Å². The molecule has 1 rings (SSSR count). The smallest absolute Gasteiger partial charge is 0.322 e. The van der Waals surface area contributed by atoms with E-state index in [1.165, 1.54) is 4.90 Å². The van der Waals surface area contributed by atoms with Crippen LogP contribution in [0.25, 0.3) is 0 Å². The second kappa shape index (κ2) is 4.47. The van der Waals surface area contributed by atoms with Crippen LogP contribution in [-0.2, 0) is 6.54 Å². The topological polar surface area (TPSA) is 52.6 Å². The van der Waals surface area contributed by atoms with Gasteiger partial charge in [-0.2, -0.15) is 0 Å². The van der Waals surface area contributed by atoms with Gasteiger partial charge < -0.3 is 4.90 Å². The molecule has 0 aliphatic carbocycles. The number of nitrogens with zero attached hydrogens (tertiary/aromatic N) is 1. The zero-order valence-corrected chi connectivity index (χ0v) is 7.40. The minimum Gasteiger partial charge on any atom is -0.322 e. The van der Waals surface area contributed by atoms with Crippen LogP contribution in [0.2, 0.25) is 0 Å². The van der Waals surface area contributed by atoms with E-state index in [4.69, 9.17) is 5.21 Å². The highest BCUT2D eigenvalue weighted by molar-refractivity contribution is 5.72. The molecule has 4 heteroatoms. The number of hydroxylamine groups is 1. The molecule has 1 aromatic carbocycles. The summed E-state index contributed by atoms with van der Waals surface area (Å²) < 4.78 is 0. The summed E-state index contributed by atoms with van der Waals surface area (Å²) in [6, 6.07) is 9.04. The van der Waals surface area contributed by atoms with Crippen LogP contribution in [0.4, 0.5) is 4.79 Å². The number of urea groups is 1. The zero-order chi connectivity index (χ0) is 9.68. The molecular formula is C9H12N2O2. The van der Waals surface area contributed by atoms with Crippen LogP contribution in [0.3, 0.4) is 0 Å². The third-order valence-electron chi connectivity index (χ3n) is 1.70. The molecule has 13 heavy (non-hydrogen) atoms. The summed E-state index contributed by atoms with van der Waals surface area (Å²) in [5.41, 5.74) is 2.59. The van der Waals surface area contributed by atoms with Crippen LogP contribution in [0.5, 0.6) is 0 Å². The fourth-order valence-corrected chi connectivity index (χ4v) is 1.01. The summed E-state index contributed by atoms with van der Waals surface area (Å²) in [5.74, 6) is 0. The van der Waals surface area contributed by atoms with Gasteiger partial charge in [0.1, 0.15) is 0 Å². The summed E-state index contributed by atoms with van der Waals surface area (Å²) in [6.07, 6.45) is 0. The van der Waals surface area contributed by atoms with E-state index in [0.717, 1.165) is 5.56 Å². The highest BCUT2D eigenvalue weighted by atomic mass is 16.5. The van der Waals surface area contributed by atoms with Gasteiger partial charge in [0.05, 0.1) is 0 Å². The number of hydrogen-bond acceptors (Lipinski definition) is 2. The predicted molar refractivity (Wildman–Crippen MR) is 48.2 cm³/mol. The van der Waals surface area contributed by atoms with Gasteiger partial charge in [0.25, 0.3) is 0 Å². The SMILES string of the molecule is CN(Cc1ccccc1)C(=O)NO. The lowest BCUT2D eigenvalue weighted by Gasteiger charge is -2.15. The van der Waals surface area contributed by atoms with Gasteiger partial charge in [-0.25, -0.2) is 10.3 Å². The van der Waals surface area contributed by atoms with Crippen molar-refractivity contribution >= 4 is 6.03 Å². The molecule has 0 unspecified atom stereocenters. The van der Waals surface area contributed by atoms with Gasteiger partial charge in [-0.1, -0.05) is 30.3 Å². The van der Waals surface area contributed by atoms with Crippen molar-refractivity contribution < 1.29 is 10.0 Å². The number of carbonyl (C=O) groups is 1. The van der Waals surface area contributed by atoms with Crippen molar-refractivity contribution in [2.75, 3.05) is 7.05 Å². The Hall–Kier alpha value is -1.55. The molecule has 1 aromatic rings. The molecule has 0 fully saturated rings. The van der Waals surface area contributed by atoms with Crippen molar-refractivity contribution in [3.8, 4) is 0 Å². The Labute approximate surface area is 76.7 Å². The first kappa shape index (κ1) is 9.54. The quantitative estimate of drug-likeness (QED) is 0.531. The zero-order valence-electron chi connectivity index (χ0n) is 7.40. The number of nitrogens with one attached hydrogen (secondary N) is 1. The molecule has 0 aromatic heterocycles. The van der Waals surface area contributed by atoms with E-state index in [2.05, 4.69) is 0 Å². The monoisotopic (exact) mass is 180 g/mol. The third kappa shape index (κ3) is 2.76. The summed E-state index contributed by atoms with van der Waals surface area (Å²) in [4.78, 5) is 12.3. The van der Waals surface area contributed by atoms with Gasteiger partial charge in [-0.3, -0.25) is 5.21 Å². The minimum atomic E-state index is -0.510. The van der Waals surface area contributed by atoms with E-state index in [9.17, 15) is 4.79 Å². The van der Waals surface area contributed by atoms with Crippen molar-refractivity contribution in [3.05, 3.63) is 35.9 Å². The van der Waals surface area contributed by atoms with Crippen LogP contribution in [0.1, 0.15) is 5.56 Å². The van der Waals surface area contributed by atoms with Gasteiger partial charge in [0, 0.05) is 13.6 Å². The average molecular weight is 180 g/mol. The van der Waals surface area contributed by atoms with E-state index < -0.39 is 6.03 Å². The van der Waals surface area contributed by atoms with Crippen LogP contribution in [-0.4, -0.2) is 23.2 Å². The fraction of sp³-hybridized carbons (Fsp3) is 0.222. The maximum Gasteiger partial charge on any atom is 0.341 e. The van der Waals surface area contributed by atoms with Crippen LogP contribution in [0, 0.1) is 0 Å². The molecule has 2 amide bonds. The fourth-order valence-electron chi connectivity index (χ4n) is 1.01. The Morgan fingerprint density at radius 3 is 2.62 bits per heavy atom. The third-order valence-corrected chi connectivity index (χ3v) is 1.70. The lowest BCUT2D eigenvalue weighted by atomic mass is 10.2. The number of amides is 2. The second-order valence-electron chi connectivity index (χ2n) is 2.76. The van der Waals surface area contributed by atoms with Crippen LogP contribution in [0.15, 0.2) is 30.3 Å². The summed E-state index contributed by atoms with van der Waals surface area (Å²) >= 11 is 0. The first-order valence-corrected chi connectivity index (χ1v) is 3.93. The molecule has 4 nitrogen and oxygen atoms in total. The van der Waals surface area contributed by atoms with Crippen molar-refractivity contribution in [2.45, 2.75) is 6.54 Å². The predicted octanol–water partition coefficient (Wildman–Crippen LogP) is 1.22. The molecule has 0 aliphatic rings. The minimum absolute atomic E-state index is 0.479. The normalized spacial score (nSPS) is 9.38. The van der Waals surface area contributed by atoms with E-state index in [-0.39, 0.29) is 0 Å². The molecule has 70 valence electrons. The molecular weight excluding hydrogens is 168 g/mol. The molecule has 0 atom stereocenters. The summed E-state index contributed by atoms with van der Waals surface area (Å²) in [7, 11) is 1.61. The highest BCUT2D eigenvalue weighted by Crippen LogP contribution is 2.01. The first-order chi connectivity index (χ1) is 6.24.